The third-order valence-electron chi connectivity index (χ3n) is 2.79. The lowest BCUT2D eigenvalue weighted by Gasteiger charge is -2.33. The van der Waals surface area contributed by atoms with Crippen LogP contribution in [0, 0.1) is 0 Å². The van der Waals surface area contributed by atoms with Crippen molar-refractivity contribution >= 4 is 11.8 Å². The lowest BCUT2D eigenvalue weighted by atomic mass is 10.1. The van der Waals surface area contributed by atoms with Crippen LogP contribution in [0.5, 0.6) is 0 Å². The molecule has 1 heterocycles. The summed E-state index contributed by atoms with van der Waals surface area (Å²) in [4.78, 5) is 0. The van der Waals surface area contributed by atoms with Gasteiger partial charge in [-0.3, -0.25) is 0 Å². The Morgan fingerprint density at radius 2 is 2.06 bits per heavy atom. The van der Waals surface area contributed by atoms with Crippen molar-refractivity contribution in [2.75, 3.05) is 25.6 Å². The van der Waals surface area contributed by atoms with Gasteiger partial charge in [0.15, 0.2) is 0 Å². The van der Waals surface area contributed by atoms with Gasteiger partial charge in [-0.05, 0) is 19.8 Å². The van der Waals surface area contributed by atoms with Crippen molar-refractivity contribution in [3.63, 3.8) is 0 Å². The molecule has 1 fully saturated rings. The molecule has 1 atom stereocenters. The molecule has 2 N–H and O–H groups in total. The quantitative estimate of drug-likeness (QED) is 0.749. The maximum Gasteiger partial charge on any atom is 0.0618 e. The minimum Gasteiger partial charge on any atom is -0.394 e. The Labute approximate surface area is 103 Å². The molecule has 1 rings (SSSR count). The van der Waals surface area contributed by atoms with Crippen LogP contribution in [0.4, 0.5) is 0 Å². The molecule has 16 heavy (non-hydrogen) atoms. The number of hydrogen-bond acceptors (Lipinski definition) is 4. The molecule has 0 bridgehead atoms. The van der Waals surface area contributed by atoms with Crippen LogP contribution in [-0.2, 0) is 4.74 Å². The van der Waals surface area contributed by atoms with E-state index < -0.39 is 0 Å². The second-order valence-corrected chi connectivity index (χ2v) is 6.43. The highest BCUT2D eigenvalue weighted by molar-refractivity contribution is 8.00. The summed E-state index contributed by atoms with van der Waals surface area (Å²) in [6.07, 6.45) is 2.29. The molecule has 1 saturated heterocycles. The SMILES string of the molecule is CC(C)NC(C)(CO)CSC1CCOCC1. The van der Waals surface area contributed by atoms with Crippen molar-refractivity contribution in [1.82, 2.24) is 5.32 Å². The normalized spacial score (nSPS) is 22.3. The Morgan fingerprint density at radius 1 is 1.44 bits per heavy atom. The molecule has 4 heteroatoms. The van der Waals surface area contributed by atoms with E-state index in [1.165, 1.54) is 0 Å². The van der Waals surface area contributed by atoms with Crippen LogP contribution in [0.25, 0.3) is 0 Å². The first-order chi connectivity index (χ1) is 7.56. The van der Waals surface area contributed by atoms with Crippen LogP contribution in [0.15, 0.2) is 0 Å². The molecule has 1 aliphatic rings. The van der Waals surface area contributed by atoms with Gasteiger partial charge in [0.25, 0.3) is 0 Å². The zero-order valence-electron chi connectivity index (χ0n) is 10.7. The van der Waals surface area contributed by atoms with Gasteiger partial charge in [0, 0.05) is 35.8 Å². The summed E-state index contributed by atoms with van der Waals surface area (Å²) in [5.41, 5.74) is -0.156. The fraction of sp³-hybridized carbons (Fsp3) is 1.00. The van der Waals surface area contributed by atoms with E-state index in [0.29, 0.717) is 11.3 Å². The predicted molar refractivity (Wildman–Crippen MR) is 70.1 cm³/mol. The molecule has 0 saturated carbocycles. The van der Waals surface area contributed by atoms with Gasteiger partial charge in [0.1, 0.15) is 0 Å². The zero-order valence-corrected chi connectivity index (χ0v) is 11.5. The standard InChI is InChI=1S/C12H25NO2S/c1-10(2)13-12(3,8-14)9-16-11-4-6-15-7-5-11/h10-11,13-14H,4-9H2,1-3H3. The predicted octanol–water partition coefficient (Wildman–Crippen LogP) is 1.65. The van der Waals surface area contributed by atoms with Gasteiger partial charge in [-0.1, -0.05) is 13.8 Å². The summed E-state index contributed by atoms with van der Waals surface area (Å²) >= 11 is 1.97. The lowest BCUT2D eigenvalue weighted by molar-refractivity contribution is 0.0998. The van der Waals surface area contributed by atoms with E-state index in [1.54, 1.807) is 0 Å². The molecular formula is C12H25NO2S. The Balaban J connectivity index is 2.31. The third-order valence-corrected chi connectivity index (χ3v) is 4.54. The molecule has 96 valence electrons. The molecular weight excluding hydrogens is 222 g/mol. The topological polar surface area (TPSA) is 41.5 Å². The average molecular weight is 247 g/mol. The zero-order chi connectivity index (χ0) is 12.0. The lowest BCUT2D eigenvalue weighted by Crippen LogP contribution is -2.51. The van der Waals surface area contributed by atoms with Crippen molar-refractivity contribution in [1.29, 1.82) is 0 Å². The molecule has 0 spiro atoms. The van der Waals surface area contributed by atoms with E-state index in [2.05, 4.69) is 26.1 Å². The van der Waals surface area contributed by atoms with E-state index in [-0.39, 0.29) is 12.1 Å². The van der Waals surface area contributed by atoms with Gasteiger partial charge in [0.05, 0.1) is 6.61 Å². The highest BCUT2D eigenvalue weighted by Gasteiger charge is 2.26. The Morgan fingerprint density at radius 3 is 2.56 bits per heavy atom. The summed E-state index contributed by atoms with van der Waals surface area (Å²) < 4.78 is 5.34. The number of nitrogens with one attached hydrogen (secondary N) is 1. The molecule has 0 aromatic carbocycles. The summed E-state index contributed by atoms with van der Waals surface area (Å²) in [5.74, 6) is 0.965. The Hall–Kier alpha value is 0.230. The van der Waals surface area contributed by atoms with E-state index in [9.17, 15) is 5.11 Å². The maximum atomic E-state index is 9.46. The second-order valence-electron chi connectivity index (χ2n) is 5.14. The van der Waals surface area contributed by atoms with Gasteiger partial charge < -0.3 is 15.2 Å². The number of thioether (sulfide) groups is 1. The Bertz CT molecular complexity index is 195. The van der Waals surface area contributed by atoms with E-state index in [1.807, 2.05) is 11.8 Å². The van der Waals surface area contributed by atoms with Crippen molar-refractivity contribution < 1.29 is 9.84 Å². The summed E-state index contributed by atoms with van der Waals surface area (Å²) in [6.45, 7) is 8.32. The summed E-state index contributed by atoms with van der Waals surface area (Å²) in [5, 5.41) is 13.6. The fourth-order valence-corrected chi connectivity index (χ4v) is 3.28. The van der Waals surface area contributed by atoms with Crippen molar-refractivity contribution in [3.8, 4) is 0 Å². The number of rotatable bonds is 6. The number of aliphatic hydroxyl groups is 1. The molecule has 0 aromatic heterocycles. The molecule has 3 nitrogen and oxygen atoms in total. The molecule has 1 aliphatic heterocycles. The van der Waals surface area contributed by atoms with Gasteiger partial charge in [-0.15, -0.1) is 0 Å². The number of aliphatic hydroxyl groups excluding tert-OH is 1. The third kappa shape index (κ3) is 5.04. The highest BCUT2D eigenvalue weighted by Crippen LogP contribution is 2.25. The van der Waals surface area contributed by atoms with Crippen LogP contribution < -0.4 is 5.32 Å². The Kier molecular flexibility index (Phi) is 6.11. The molecule has 0 amide bonds. The minimum absolute atomic E-state index is 0.156. The van der Waals surface area contributed by atoms with Crippen LogP contribution >= 0.6 is 11.8 Å². The fourth-order valence-electron chi connectivity index (χ4n) is 1.97. The van der Waals surface area contributed by atoms with E-state index >= 15 is 0 Å². The van der Waals surface area contributed by atoms with E-state index in [0.717, 1.165) is 31.8 Å². The summed E-state index contributed by atoms with van der Waals surface area (Å²) in [6, 6.07) is 0.410. The van der Waals surface area contributed by atoms with Crippen LogP contribution in [0.1, 0.15) is 33.6 Å². The van der Waals surface area contributed by atoms with Gasteiger partial charge in [0.2, 0.25) is 0 Å². The van der Waals surface area contributed by atoms with Crippen LogP contribution in [-0.4, -0.2) is 47.5 Å². The molecule has 0 aliphatic carbocycles. The van der Waals surface area contributed by atoms with Crippen molar-refractivity contribution in [2.24, 2.45) is 0 Å². The van der Waals surface area contributed by atoms with Gasteiger partial charge >= 0.3 is 0 Å². The minimum atomic E-state index is -0.156. The van der Waals surface area contributed by atoms with Gasteiger partial charge in [-0.25, -0.2) is 0 Å². The second kappa shape index (κ2) is 6.84. The van der Waals surface area contributed by atoms with Crippen LogP contribution in [0.2, 0.25) is 0 Å². The van der Waals surface area contributed by atoms with Crippen LogP contribution in [0.3, 0.4) is 0 Å². The average Bonchev–Trinajstić information content (AvgIpc) is 2.27. The first-order valence-electron chi connectivity index (χ1n) is 6.13. The largest absolute Gasteiger partial charge is 0.394 e. The first kappa shape index (κ1) is 14.3. The van der Waals surface area contributed by atoms with Gasteiger partial charge in [-0.2, -0.15) is 11.8 Å². The maximum absolute atomic E-state index is 9.46. The monoisotopic (exact) mass is 247 g/mol. The van der Waals surface area contributed by atoms with Crippen molar-refractivity contribution in [2.45, 2.75) is 50.4 Å². The molecule has 1 unspecified atom stereocenters. The molecule has 0 aromatic rings. The number of hydrogen-bond donors (Lipinski definition) is 2. The number of ether oxygens (including phenoxy) is 1. The molecule has 0 radical (unpaired) electrons. The highest BCUT2D eigenvalue weighted by atomic mass is 32.2. The summed E-state index contributed by atoms with van der Waals surface area (Å²) in [7, 11) is 0. The smallest absolute Gasteiger partial charge is 0.0618 e. The van der Waals surface area contributed by atoms with E-state index in [4.69, 9.17) is 4.74 Å². The van der Waals surface area contributed by atoms with Crippen molar-refractivity contribution in [3.05, 3.63) is 0 Å². The first-order valence-corrected chi connectivity index (χ1v) is 7.18.